The summed E-state index contributed by atoms with van der Waals surface area (Å²) in [7, 11) is 1.73. The molecule has 5 aliphatic rings. The van der Waals surface area contributed by atoms with Crippen LogP contribution >= 0.6 is 0 Å². The number of fused-ring (bicyclic) bond motifs is 6. The van der Waals surface area contributed by atoms with Gasteiger partial charge in [0.15, 0.2) is 5.78 Å². The molecular formula is C29H34O3. The molecule has 1 spiro atoms. The number of benzene rings is 1. The van der Waals surface area contributed by atoms with Gasteiger partial charge in [-0.25, -0.2) is 0 Å². The van der Waals surface area contributed by atoms with E-state index in [2.05, 4.69) is 49.9 Å². The van der Waals surface area contributed by atoms with Crippen molar-refractivity contribution in [2.24, 2.45) is 29.1 Å². The lowest BCUT2D eigenvalue weighted by molar-refractivity contribution is -0.118. The lowest BCUT2D eigenvalue weighted by Gasteiger charge is -2.59. The molecule has 0 bridgehead atoms. The van der Waals surface area contributed by atoms with E-state index in [1.54, 1.807) is 7.11 Å². The van der Waals surface area contributed by atoms with Crippen LogP contribution in [0.15, 0.2) is 60.2 Å². The highest BCUT2D eigenvalue weighted by Gasteiger charge is 2.65. The summed E-state index contributed by atoms with van der Waals surface area (Å²) in [6.45, 7) is 7.74. The van der Waals surface area contributed by atoms with E-state index in [1.165, 1.54) is 23.1 Å². The van der Waals surface area contributed by atoms with Crippen molar-refractivity contribution in [3.05, 3.63) is 65.8 Å². The van der Waals surface area contributed by atoms with Crippen molar-refractivity contribution < 1.29 is 14.3 Å². The Balaban J connectivity index is 1.46. The van der Waals surface area contributed by atoms with Crippen LogP contribution in [-0.2, 0) is 9.53 Å². The van der Waals surface area contributed by atoms with Crippen molar-refractivity contribution in [3.8, 4) is 5.75 Å². The summed E-state index contributed by atoms with van der Waals surface area (Å²) in [5, 5.41) is 0. The summed E-state index contributed by atoms with van der Waals surface area (Å²) < 4.78 is 12.0. The summed E-state index contributed by atoms with van der Waals surface area (Å²) in [6, 6.07) is 8.76. The average molecular weight is 431 g/mol. The molecule has 1 aromatic carbocycles. The maximum absolute atomic E-state index is 12.2. The average Bonchev–Trinajstić information content (AvgIpc) is 3.33. The number of methoxy groups -OCH3 is 1. The molecule has 1 aliphatic heterocycles. The Labute approximate surface area is 191 Å². The first-order valence-electron chi connectivity index (χ1n) is 12.4. The highest BCUT2D eigenvalue weighted by molar-refractivity contribution is 5.91. The molecule has 0 amide bonds. The van der Waals surface area contributed by atoms with Crippen molar-refractivity contribution in [2.75, 3.05) is 13.7 Å². The number of hydrogen-bond donors (Lipinski definition) is 0. The van der Waals surface area contributed by atoms with Gasteiger partial charge in [0.05, 0.1) is 13.7 Å². The zero-order valence-corrected chi connectivity index (χ0v) is 19.3. The standard InChI is InChI=1S/C29H34O3/c1-18-13-15-32-29(18)14-12-26-24-10-6-20-16-21(30)7-11-23(20)27(24)25(17-28(26,29)2)19-4-8-22(31-3)9-5-19/h4-5,8-9,12,14,16,23-27H,1,6-7,10-11,13,15,17H2,2-3H3/t23-,24-,25+,26-,27+,28-,29-/m0/s1. The molecule has 168 valence electrons. The Hall–Kier alpha value is -2.13. The van der Waals surface area contributed by atoms with Crippen molar-refractivity contribution in [3.63, 3.8) is 0 Å². The van der Waals surface area contributed by atoms with Gasteiger partial charge in [-0.1, -0.05) is 43.4 Å². The van der Waals surface area contributed by atoms with Crippen LogP contribution in [0.1, 0.15) is 56.9 Å². The van der Waals surface area contributed by atoms with Gasteiger partial charge in [0.1, 0.15) is 11.4 Å². The second-order valence-electron chi connectivity index (χ2n) is 10.9. The fourth-order valence-electron chi connectivity index (χ4n) is 8.32. The first kappa shape index (κ1) is 20.5. The molecule has 0 N–H and O–H groups in total. The Bertz CT molecular complexity index is 1020. The highest BCUT2D eigenvalue weighted by atomic mass is 16.5. The quantitative estimate of drug-likeness (QED) is 0.538. The van der Waals surface area contributed by atoms with Gasteiger partial charge >= 0.3 is 0 Å². The molecule has 7 atom stereocenters. The second-order valence-corrected chi connectivity index (χ2v) is 10.9. The first-order valence-corrected chi connectivity index (χ1v) is 12.4. The number of ether oxygens (including phenoxy) is 2. The Morgan fingerprint density at radius 2 is 1.91 bits per heavy atom. The van der Waals surface area contributed by atoms with Gasteiger partial charge < -0.3 is 9.47 Å². The Morgan fingerprint density at radius 3 is 2.62 bits per heavy atom. The number of rotatable bonds is 2. The van der Waals surface area contributed by atoms with Gasteiger partial charge in [-0.15, -0.1) is 0 Å². The monoisotopic (exact) mass is 430 g/mol. The van der Waals surface area contributed by atoms with Crippen LogP contribution in [0.25, 0.3) is 0 Å². The SMILES string of the molecule is C=C1CCO[C@@]12C=C[C@H]1[C@@H]3CCC4=CC(=O)CC[C@@H]4[C@H]3[C@@H](c3ccc(OC)cc3)C[C@@]12C. The van der Waals surface area contributed by atoms with E-state index >= 15 is 0 Å². The molecule has 6 rings (SSSR count). The summed E-state index contributed by atoms with van der Waals surface area (Å²) in [5.41, 5.74) is 3.79. The molecule has 1 heterocycles. The summed E-state index contributed by atoms with van der Waals surface area (Å²) >= 11 is 0. The van der Waals surface area contributed by atoms with E-state index in [0.29, 0.717) is 41.8 Å². The van der Waals surface area contributed by atoms with Crippen molar-refractivity contribution >= 4 is 5.78 Å². The van der Waals surface area contributed by atoms with E-state index in [-0.39, 0.29) is 11.0 Å². The maximum atomic E-state index is 12.2. The first-order chi connectivity index (χ1) is 15.5. The topological polar surface area (TPSA) is 35.5 Å². The largest absolute Gasteiger partial charge is 0.497 e. The van der Waals surface area contributed by atoms with E-state index in [4.69, 9.17) is 9.47 Å². The minimum Gasteiger partial charge on any atom is -0.497 e. The van der Waals surface area contributed by atoms with Crippen molar-refractivity contribution in [2.45, 2.75) is 57.0 Å². The van der Waals surface area contributed by atoms with E-state index in [1.807, 2.05) is 6.08 Å². The summed E-state index contributed by atoms with van der Waals surface area (Å²) in [4.78, 5) is 12.2. The fourth-order valence-corrected chi connectivity index (χ4v) is 8.32. The van der Waals surface area contributed by atoms with Crippen LogP contribution in [0, 0.1) is 29.1 Å². The van der Waals surface area contributed by atoms with E-state index in [0.717, 1.165) is 38.0 Å². The molecule has 4 aliphatic carbocycles. The normalized spacial score (nSPS) is 42.4. The van der Waals surface area contributed by atoms with E-state index in [9.17, 15) is 4.79 Å². The predicted molar refractivity (Wildman–Crippen MR) is 126 cm³/mol. The molecule has 0 radical (unpaired) electrons. The van der Waals surface area contributed by atoms with Crippen molar-refractivity contribution in [1.29, 1.82) is 0 Å². The lowest BCUT2D eigenvalue weighted by atomic mass is 9.46. The minimum absolute atomic E-state index is 0.0258. The van der Waals surface area contributed by atoms with Crippen LogP contribution in [0.4, 0.5) is 0 Å². The van der Waals surface area contributed by atoms with Gasteiger partial charge in [0.2, 0.25) is 0 Å². The molecule has 0 unspecified atom stereocenters. The third-order valence-corrected chi connectivity index (χ3v) is 9.74. The predicted octanol–water partition coefficient (Wildman–Crippen LogP) is 6.02. The number of allylic oxidation sites excluding steroid dienone is 3. The number of hydrogen-bond acceptors (Lipinski definition) is 3. The third kappa shape index (κ3) is 2.67. The molecule has 1 saturated heterocycles. The van der Waals surface area contributed by atoms with Gasteiger partial charge in [-0.2, -0.15) is 0 Å². The van der Waals surface area contributed by atoms with Gasteiger partial charge in [0.25, 0.3) is 0 Å². The van der Waals surface area contributed by atoms with Gasteiger partial charge in [0, 0.05) is 11.8 Å². The lowest BCUT2D eigenvalue weighted by Crippen LogP contribution is -2.56. The molecule has 0 aromatic heterocycles. The molecule has 2 saturated carbocycles. The number of carbonyl (C=O) groups excluding carboxylic acids is 1. The highest BCUT2D eigenvalue weighted by Crippen LogP contribution is 2.68. The second kappa shape index (κ2) is 7.18. The summed E-state index contributed by atoms with van der Waals surface area (Å²) in [5.74, 6) is 3.91. The van der Waals surface area contributed by atoms with Crippen LogP contribution in [-0.4, -0.2) is 25.1 Å². The fraction of sp³-hybridized carbons (Fsp3) is 0.552. The van der Waals surface area contributed by atoms with Gasteiger partial charge in [-0.05, 0) is 91.0 Å². The molecule has 32 heavy (non-hydrogen) atoms. The Kier molecular flexibility index (Phi) is 4.60. The van der Waals surface area contributed by atoms with Gasteiger partial charge in [-0.3, -0.25) is 4.79 Å². The maximum Gasteiger partial charge on any atom is 0.155 e. The third-order valence-electron chi connectivity index (χ3n) is 9.74. The molecule has 1 aromatic rings. The van der Waals surface area contributed by atoms with Crippen LogP contribution < -0.4 is 4.74 Å². The Morgan fingerprint density at radius 1 is 1.09 bits per heavy atom. The van der Waals surface area contributed by atoms with Crippen LogP contribution in [0.5, 0.6) is 5.75 Å². The van der Waals surface area contributed by atoms with E-state index < -0.39 is 0 Å². The smallest absolute Gasteiger partial charge is 0.155 e. The molecular weight excluding hydrogens is 396 g/mol. The molecule has 3 fully saturated rings. The summed E-state index contributed by atoms with van der Waals surface area (Å²) in [6.07, 6.45) is 12.9. The zero-order valence-electron chi connectivity index (χ0n) is 19.3. The molecule has 3 nitrogen and oxygen atoms in total. The number of carbonyl (C=O) groups is 1. The molecule has 3 heteroatoms. The van der Waals surface area contributed by atoms with Crippen LogP contribution in [0.3, 0.4) is 0 Å². The zero-order chi connectivity index (χ0) is 22.1. The minimum atomic E-state index is -0.313. The number of ketones is 1. The van der Waals surface area contributed by atoms with Crippen molar-refractivity contribution in [1.82, 2.24) is 0 Å². The van der Waals surface area contributed by atoms with Crippen LogP contribution in [0.2, 0.25) is 0 Å².